The number of Topliss-reactive ketones (excluding diaryl/α,β-unsaturated/α-hetero) is 1. The van der Waals surface area contributed by atoms with E-state index in [1.54, 1.807) is 18.2 Å². The number of rotatable bonds is 1. The molecule has 0 aliphatic heterocycles. The van der Waals surface area contributed by atoms with E-state index in [1.807, 2.05) is 0 Å². The quantitative estimate of drug-likeness (QED) is 0.732. The van der Waals surface area contributed by atoms with Crippen LogP contribution in [0.2, 0.25) is 15.5 Å². The first kappa shape index (κ1) is 15.6. The van der Waals surface area contributed by atoms with Crippen molar-refractivity contribution in [1.82, 2.24) is 0 Å². The first-order valence-electron chi connectivity index (χ1n) is 5.78. The molecule has 0 bridgehead atoms. The minimum atomic E-state index is -1.98. The number of benzene rings is 1. The van der Waals surface area contributed by atoms with E-state index in [9.17, 15) is 4.79 Å². The Kier molecular flexibility index (Phi) is 3.59. The molecule has 1 unspecified atom stereocenters. The molecule has 0 amide bonds. The molecule has 0 saturated heterocycles. The minimum Gasteiger partial charge on any atom is -0.316 e. The molecule has 1 aromatic carbocycles. The maximum atomic E-state index is 12.5. The Morgan fingerprint density at radius 2 is 1.65 bits per heavy atom. The highest BCUT2D eigenvalue weighted by atomic mass is 35.5. The van der Waals surface area contributed by atoms with Crippen LogP contribution < -0.4 is 5.73 Å². The van der Waals surface area contributed by atoms with Gasteiger partial charge < -0.3 is 5.73 Å². The average Bonchev–Trinajstić information content (AvgIpc) is 2.35. The van der Waals surface area contributed by atoms with Gasteiger partial charge in [-0.25, -0.2) is 0 Å². The molecule has 1 aliphatic carbocycles. The van der Waals surface area contributed by atoms with E-state index in [4.69, 9.17) is 56.6 Å². The van der Waals surface area contributed by atoms with Gasteiger partial charge in [0.2, 0.25) is 0 Å². The molecule has 0 spiro atoms. The fourth-order valence-electron chi connectivity index (χ4n) is 2.33. The summed E-state index contributed by atoms with van der Waals surface area (Å²) in [4.78, 5) is 12.5. The molecular weight excluding hydrogens is 264 g/mol. The number of halogens is 1. The van der Waals surface area contributed by atoms with E-state index in [1.165, 1.54) is 6.07 Å². The van der Waals surface area contributed by atoms with Crippen molar-refractivity contribution >= 4 is 56.6 Å². The summed E-state index contributed by atoms with van der Waals surface area (Å²) in [6.07, 6.45) is 1.11. The third-order valence-electron chi connectivity index (χ3n) is 3.68. The van der Waals surface area contributed by atoms with Crippen LogP contribution in [0, 0.1) is 0 Å². The third kappa shape index (κ3) is 1.87. The Morgan fingerprint density at radius 3 is 2.20 bits per heavy atom. The lowest BCUT2D eigenvalue weighted by Gasteiger charge is -2.57. The Balaban J connectivity index is 2.80. The molecule has 0 fully saturated rings. The standard InChI is InChI=1S/C12H7B5ClNO/c13-7-5-10(14,15)12(16,17)11(19,9(7)20)6-3-1-2-4-8(6)18/h1-5H,19H2. The lowest BCUT2D eigenvalue weighted by atomic mass is 9.22. The Hall–Kier alpha value is -0.795. The lowest BCUT2D eigenvalue weighted by molar-refractivity contribution is -0.121. The zero-order chi connectivity index (χ0) is 15.3. The van der Waals surface area contributed by atoms with Gasteiger partial charge in [0, 0.05) is 5.02 Å². The fourth-order valence-corrected chi connectivity index (χ4v) is 2.61. The van der Waals surface area contributed by atoms with Crippen LogP contribution in [0.1, 0.15) is 5.56 Å². The Bertz CT molecular complexity index is 616. The van der Waals surface area contributed by atoms with Crippen LogP contribution in [0.4, 0.5) is 0 Å². The summed E-state index contributed by atoms with van der Waals surface area (Å²) >= 11 is 6.10. The van der Waals surface area contributed by atoms with Gasteiger partial charge in [-0.2, -0.15) is 0 Å². The molecule has 1 aromatic rings. The first-order valence-corrected chi connectivity index (χ1v) is 6.16. The molecule has 10 radical (unpaired) electrons. The predicted molar refractivity (Wildman–Crippen MR) is 84.6 cm³/mol. The van der Waals surface area contributed by atoms with Crippen LogP contribution in [0.25, 0.3) is 0 Å². The van der Waals surface area contributed by atoms with E-state index >= 15 is 0 Å². The van der Waals surface area contributed by atoms with Crippen molar-refractivity contribution in [3.63, 3.8) is 0 Å². The summed E-state index contributed by atoms with van der Waals surface area (Å²) in [7, 11) is 29.4. The molecule has 2 rings (SSSR count). The van der Waals surface area contributed by atoms with Crippen molar-refractivity contribution in [3.8, 4) is 0 Å². The van der Waals surface area contributed by atoms with Gasteiger partial charge >= 0.3 is 0 Å². The van der Waals surface area contributed by atoms with Crippen LogP contribution in [-0.4, -0.2) is 45.0 Å². The van der Waals surface area contributed by atoms with Crippen molar-refractivity contribution in [2.24, 2.45) is 5.73 Å². The first-order chi connectivity index (χ1) is 9.05. The molecule has 2 N–H and O–H groups in total. The normalized spacial score (nSPS) is 27.9. The van der Waals surface area contributed by atoms with Gasteiger partial charge in [0.25, 0.3) is 0 Å². The van der Waals surface area contributed by atoms with Crippen molar-refractivity contribution in [3.05, 3.63) is 46.4 Å². The van der Waals surface area contributed by atoms with E-state index in [0.717, 1.165) is 6.08 Å². The zero-order valence-electron chi connectivity index (χ0n) is 10.6. The number of ketones is 1. The second-order valence-corrected chi connectivity index (χ2v) is 5.43. The van der Waals surface area contributed by atoms with Crippen LogP contribution >= 0.6 is 11.6 Å². The Morgan fingerprint density at radius 1 is 1.10 bits per heavy atom. The summed E-state index contributed by atoms with van der Waals surface area (Å²) < 4.78 is 0. The van der Waals surface area contributed by atoms with Gasteiger partial charge in [-0.3, -0.25) is 4.79 Å². The maximum absolute atomic E-state index is 12.5. The Labute approximate surface area is 129 Å². The van der Waals surface area contributed by atoms with Gasteiger partial charge in [-0.1, -0.05) is 51.8 Å². The van der Waals surface area contributed by atoms with Crippen molar-refractivity contribution < 1.29 is 4.79 Å². The molecule has 20 heavy (non-hydrogen) atoms. The molecule has 2 nitrogen and oxygen atoms in total. The number of hydrogen-bond acceptors (Lipinski definition) is 2. The number of hydrogen-bond donors (Lipinski definition) is 1. The second kappa shape index (κ2) is 4.61. The van der Waals surface area contributed by atoms with Crippen LogP contribution in [0.3, 0.4) is 0 Å². The summed E-state index contributed by atoms with van der Waals surface area (Å²) in [6, 6.07) is 6.40. The van der Waals surface area contributed by atoms with Gasteiger partial charge in [0.05, 0.1) is 36.9 Å². The highest BCUT2D eigenvalue weighted by Crippen LogP contribution is 2.58. The van der Waals surface area contributed by atoms with Crippen molar-refractivity contribution in [1.29, 1.82) is 0 Å². The molecule has 8 heteroatoms. The maximum Gasteiger partial charge on any atom is 0.171 e. The molecule has 1 aliphatic rings. The average molecular weight is 271 g/mol. The molecular formula is C12H7B5ClNO. The monoisotopic (exact) mass is 271 g/mol. The zero-order valence-corrected chi connectivity index (χ0v) is 11.4. The SMILES string of the molecule is [B]C1=CC([B])([B])C([B])([B])C(N)(c2ccccc2Cl)C1=O. The third-order valence-corrected chi connectivity index (χ3v) is 4.01. The van der Waals surface area contributed by atoms with Gasteiger partial charge in [-0.05, 0) is 11.6 Å². The largest absolute Gasteiger partial charge is 0.316 e. The molecule has 88 valence electrons. The number of nitrogens with two attached hydrogens (primary N) is 1. The van der Waals surface area contributed by atoms with Crippen LogP contribution in [0.15, 0.2) is 35.8 Å². The summed E-state index contributed by atoms with van der Waals surface area (Å²) in [5.74, 6) is -0.679. The molecule has 0 saturated carbocycles. The van der Waals surface area contributed by atoms with Gasteiger partial charge in [0.1, 0.15) is 7.85 Å². The minimum absolute atomic E-state index is 0.205. The second-order valence-electron chi connectivity index (χ2n) is 5.02. The van der Waals surface area contributed by atoms with E-state index in [-0.39, 0.29) is 16.1 Å². The summed E-state index contributed by atoms with van der Waals surface area (Å²) in [5.41, 5.74) is 4.28. The predicted octanol–water partition coefficient (Wildman–Crippen LogP) is 0.0355. The van der Waals surface area contributed by atoms with Crippen LogP contribution in [-0.2, 0) is 10.3 Å². The fraction of sp³-hybridized carbons (Fsp3) is 0.250. The number of carbonyl (C=O) groups excluding carboxylic acids is 1. The van der Waals surface area contributed by atoms with E-state index < -0.39 is 21.7 Å². The van der Waals surface area contributed by atoms with E-state index in [2.05, 4.69) is 0 Å². The molecule has 0 aromatic heterocycles. The smallest absolute Gasteiger partial charge is 0.171 e. The number of carbonyl (C=O) groups is 1. The highest BCUT2D eigenvalue weighted by Gasteiger charge is 2.56. The van der Waals surface area contributed by atoms with Crippen molar-refractivity contribution in [2.45, 2.75) is 16.0 Å². The topological polar surface area (TPSA) is 43.1 Å². The molecule has 1 atom stereocenters. The van der Waals surface area contributed by atoms with Gasteiger partial charge in [0.15, 0.2) is 5.78 Å². The van der Waals surface area contributed by atoms with E-state index in [0.29, 0.717) is 0 Å². The highest BCUT2D eigenvalue weighted by molar-refractivity contribution is 6.59. The summed E-state index contributed by atoms with van der Waals surface area (Å²) in [5, 5.41) is -3.54. The lowest BCUT2D eigenvalue weighted by Crippen LogP contribution is -2.62. The van der Waals surface area contributed by atoms with Crippen molar-refractivity contribution in [2.75, 3.05) is 0 Å². The molecule has 0 heterocycles. The van der Waals surface area contributed by atoms with Gasteiger partial charge in [-0.15, -0.1) is 0 Å². The summed E-state index contributed by atoms with van der Waals surface area (Å²) in [6.45, 7) is 0. The number of allylic oxidation sites excluding steroid dienone is 1. The van der Waals surface area contributed by atoms with Crippen LogP contribution in [0.5, 0.6) is 0 Å².